The number of aromatic nitrogens is 2. The second kappa shape index (κ2) is 9.14. The molecule has 142 valence electrons. The highest BCUT2D eigenvalue weighted by Gasteiger charge is 2.19. The highest BCUT2D eigenvalue weighted by atomic mass is 16.3. The molecule has 1 aliphatic heterocycles. The van der Waals surface area contributed by atoms with Crippen molar-refractivity contribution in [3.05, 3.63) is 59.7 Å². The molecule has 0 bridgehead atoms. The molecule has 7 heteroatoms. The molecule has 0 saturated carbocycles. The second-order valence-electron chi connectivity index (χ2n) is 6.74. The average Bonchev–Trinajstić information content (AvgIpc) is 2.69. The molecule has 1 amide bonds. The summed E-state index contributed by atoms with van der Waals surface area (Å²) < 4.78 is 0. The molecule has 0 radical (unpaired) electrons. The minimum Gasteiger partial charge on any atom is -0.503 e. The molecule has 2 aromatic rings. The molecular formula is C20H25N5O2. The number of benzene rings is 1. The summed E-state index contributed by atoms with van der Waals surface area (Å²) in [6.45, 7) is 3.13. The van der Waals surface area contributed by atoms with E-state index >= 15 is 0 Å². The normalized spacial score (nSPS) is 18.2. The smallest absolute Gasteiger partial charge is 0.283 e. The van der Waals surface area contributed by atoms with Gasteiger partial charge in [-0.1, -0.05) is 30.3 Å². The fourth-order valence-electron chi connectivity index (χ4n) is 3.22. The summed E-state index contributed by atoms with van der Waals surface area (Å²) in [5.74, 6) is -0.747. The van der Waals surface area contributed by atoms with Gasteiger partial charge >= 0.3 is 0 Å². The number of carbonyl (C=O) groups excluding carboxylic acids is 1. The van der Waals surface area contributed by atoms with Gasteiger partial charge in [0.05, 0.1) is 18.1 Å². The average molecular weight is 367 g/mol. The van der Waals surface area contributed by atoms with Gasteiger partial charge in [-0.2, -0.15) is 0 Å². The summed E-state index contributed by atoms with van der Waals surface area (Å²) in [6, 6.07) is 10.9. The molecule has 2 heterocycles. The van der Waals surface area contributed by atoms with E-state index in [-0.39, 0.29) is 0 Å². The molecular weight excluding hydrogens is 342 g/mol. The number of nitrogens with zero attached hydrogens (tertiary/aromatic N) is 3. The zero-order chi connectivity index (χ0) is 19.1. The molecule has 0 unspecified atom stereocenters. The summed E-state index contributed by atoms with van der Waals surface area (Å²) >= 11 is 0. The maximum absolute atomic E-state index is 10.8. The van der Waals surface area contributed by atoms with Crippen LogP contribution in [0.2, 0.25) is 0 Å². The first-order valence-corrected chi connectivity index (χ1v) is 9.15. The van der Waals surface area contributed by atoms with E-state index in [9.17, 15) is 9.90 Å². The van der Waals surface area contributed by atoms with Crippen molar-refractivity contribution in [2.45, 2.75) is 25.3 Å². The molecule has 1 atom stereocenters. The number of nitrogens with two attached hydrogens (primary N) is 1. The first-order chi connectivity index (χ1) is 13.1. The Balaban J connectivity index is 1.51. The number of hydrogen-bond acceptors (Lipinski definition) is 6. The summed E-state index contributed by atoms with van der Waals surface area (Å²) in [5, 5.41) is 12.8. The van der Waals surface area contributed by atoms with Gasteiger partial charge in [0, 0.05) is 25.2 Å². The molecule has 0 spiro atoms. The van der Waals surface area contributed by atoms with Crippen LogP contribution in [0.1, 0.15) is 24.1 Å². The molecule has 1 fully saturated rings. The summed E-state index contributed by atoms with van der Waals surface area (Å²) in [7, 11) is 0. The van der Waals surface area contributed by atoms with Crippen LogP contribution in [0, 0.1) is 0 Å². The van der Waals surface area contributed by atoms with Crippen molar-refractivity contribution < 1.29 is 9.90 Å². The predicted molar refractivity (Wildman–Crippen MR) is 105 cm³/mol. The van der Waals surface area contributed by atoms with Crippen molar-refractivity contribution in [3.63, 3.8) is 0 Å². The van der Waals surface area contributed by atoms with E-state index in [1.165, 1.54) is 17.8 Å². The number of rotatable bonds is 7. The molecule has 7 nitrogen and oxygen atoms in total. The van der Waals surface area contributed by atoms with Crippen LogP contribution < -0.4 is 11.1 Å². The van der Waals surface area contributed by atoms with E-state index < -0.39 is 11.7 Å². The van der Waals surface area contributed by atoms with Crippen molar-refractivity contribution in [2.75, 3.05) is 25.0 Å². The molecule has 1 aromatic carbocycles. The third-order valence-electron chi connectivity index (χ3n) is 4.63. The Morgan fingerprint density at radius 3 is 2.81 bits per heavy atom. The van der Waals surface area contributed by atoms with Crippen molar-refractivity contribution >= 4 is 17.8 Å². The van der Waals surface area contributed by atoms with Gasteiger partial charge in [0.2, 0.25) is 0 Å². The highest BCUT2D eigenvalue weighted by molar-refractivity contribution is 5.93. The SMILES string of the molecule is NC(=O)C(O)=Cc1cnc(N[C@@H]2CCCN(CCc3ccccc3)C2)cn1. The number of carbonyl (C=O) groups is 1. The van der Waals surface area contributed by atoms with Crippen LogP contribution in [0.25, 0.3) is 6.08 Å². The number of primary amides is 1. The van der Waals surface area contributed by atoms with Gasteiger partial charge in [-0.05, 0) is 31.4 Å². The van der Waals surface area contributed by atoms with Gasteiger partial charge < -0.3 is 21.1 Å². The molecule has 1 aromatic heterocycles. The third kappa shape index (κ3) is 5.79. The summed E-state index contributed by atoms with van der Waals surface area (Å²) in [4.78, 5) is 21.8. The Labute approximate surface area is 158 Å². The van der Waals surface area contributed by atoms with Crippen molar-refractivity contribution in [2.24, 2.45) is 5.73 Å². The molecule has 4 N–H and O–H groups in total. The van der Waals surface area contributed by atoms with Crippen molar-refractivity contribution in [1.29, 1.82) is 0 Å². The Bertz CT molecular complexity index is 777. The van der Waals surface area contributed by atoms with Gasteiger partial charge in [-0.3, -0.25) is 9.78 Å². The van der Waals surface area contributed by atoms with E-state index in [0.717, 1.165) is 38.9 Å². The number of piperidine rings is 1. The Morgan fingerprint density at radius 2 is 2.11 bits per heavy atom. The molecule has 3 rings (SSSR count). The number of likely N-dealkylation sites (tertiary alicyclic amines) is 1. The lowest BCUT2D eigenvalue weighted by atomic mass is 10.0. The first-order valence-electron chi connectivity index (χ1n) is 9.15. The lowest BCUT2D eigenvalue weighted by Gasteiger charge is -2.33. The Morgan fingerprint density at radius 1 is 1.30 bits per heavy atom. The molecule has 1 aliphatic rings. The van der Waals surface area contributed by atoms with Crippen LogP contribution in [0.5, 0.6) is 0 Å². The number of nitrogens with one attached hydrogen (secondary N) is 1. The van der Waals surface area contributed by atoms with Gasteiger partial charge in [0.25, 0.3) is 5.91 Å². The van der Waals surface area contributed by atoms with Crippen LogP contribution in [-0.2, 0) is 11.2 Å². The van der Waals surface area contributed by atoms with Crippen LogP contribution in [0.15, 0.2) is 48.5 Å². The standard InChI is InChI=1S/C20H25N5O2/c21-20(27)18(26)11-17-12-23-19(13-22-17)24-16-7-4-9-25(14-16)10-8-15-5-2-1-3-6-15/h1-3,5-6,11-13,16,26H,4,7-10,14H2,(H2,21,27)(H,23,24)/t16-/m1/s1. The number of anilines is 1. The maximum atomic E-state index is 10.8. The third-order valence-corrected chi connectivity index (χ3v) is 4.63. The quantitative estimate of drug-likeness (QED) is 0.511. The van der Waals surface area contributed by atoms with Gasteiger partial charge in [0.1, 0.15) is 5.82 Å². The van der Waals surface area contributed by atoms with Crippen molar-refractivity contribution in [1.82, 2.24) is 14.9 Å². The number of aliphatic hydroxyl groups is 1. The first kappa shape index (κ1) is 18.8. The predicted octanol–water partition coefficient (Wildman–Crippen LogP) is 1.98. The lowest BCUT2D eigenvalue weighted by molar-refractivity contribution is -0.116. The van der Waals surface area contributed by atoms with E-state index in [4.69, 9.17) is 5.73 Å². The topological polar surface area (TPSA) is 104 Å². The maximum Gasteiger partial charge on any atom is 0.283 e. The van der Waals surface area contributed by atoms with E-state index in [1.807, 2.05) is 6.07 Å². The van der Waals surface area contributed by atoms with Crippen LogP contribution in [-0.4, -0.2) is 51.6 Å². The van der Waals surface area contributed by atoms with E-state index in [1.54, 1.807) is 6.20 Å². The Hall–Kier alpha value is -2.93. The molecule has 0 aliphatic carbocycles. The van der Waals surface area contributed by atoms with Crippen LogP contribution in [0.3, 0.4) is 0 Å². The minimum absolute atomic E-state index is 0.323. The second-order valence-corrected chi connectivity index (χ2v) is 6.74. The summed E-state index contributed by atoms with van der Waals surface area (Å²) in [5.41, 5.74) is 6.73. The van der Waals surface area contributed by atoms with Crippen molar-refractivity contribution in [3.8, 4) is 0 Å². The number of amides is 1. The highest BCUT2D eigenvalue weighted by Crippen LogP contribution is 2.15. The van der Waals surface area contributed by atoms with E-state index in [2.05, 4.69) is 44.5 Å². The number of aliphatic hydroxyl groups excluding tert-OH is 1. The Kier molecular flexibility index (Phi) is 6.38. The minimum atomic E-state index is -0.892. The van der Waals surface area contributed by atoms with Crippen LogP contribution in [0.4, 0.5) is 5.82 Å². The van der Waals surface area contributed by atoms with Gasteiger partial charge in [-0.15, -0.1) is 0 Å². The monoisotopic (exact) mass is 367 g/mol. The zero-order valence-electron chi connectivity index (χ0n) is 15.2. The molecule has 1 saturated heterocycles. The largest absolute Gasteiger partial charge is 0.503 e. The fraction of sp³-hybridized carbons (Fsp3) is 0.350. The fourth-order valence-corrected chi connectivity index (χ4v) is 3.22. The molecule has 27 heavy (non-hydrogen) atoms. The summed E-state index contributed by atoms with van der Waals surface area (Å²) in [6.07, 6.45) is 7.59. The van der Waals surface area contributed by atoms with Crippen LogP contribution >= 0.6 is 0 Å². The van der Waals surface area contributed by atoms with E-state index in [0.29, 0.717) is 17.6 Å². The zero-order valence-corrected chi connectivity index (χ0v) is 15.2. The van der Waals surface area contributed by atoms with Gasteiger partial charge in [0.15, 0.2) is 5.76 Å². The van der Waals surface area contributed by atoms with Gasteiger partial charge in [-0.25, -0.2) is 4.98 Å². The number of hydrogen-bond donors (Lipinski definition) is 3. The lowest BCUT2D eigenvalue weighted by Crippen LogP contribution is -2.43.